The lowest BCUT2D eigenvalue weighted by atomic mass is 10.2. The number of aryl methyl sites for hydroxylation is 1. The molecule has 5 rings (SSSR count). The van der Waals surface area contributed by atoms with E-state index in [9.17, 15) is 9.59 Å². The summed E-state index contributed by atoms with van der Waals surface area (Å²) in [6.07, 6.45) is 6.67. The van der Waals surface area contributed by atoms with Crippen molar-refractivity contribution in [3.8, 4) is 0 Å². The number of hydrogen-bond acceptors (Lipinski definition) is 7. The number of aromatic nitrogens is 3. The number of benzene rings is 1. The molecule has 1 saturated heterocycles. The number of anilines is 5. The van der Waals surface area contributed by atoms with Crippen molar-refractivity contribution in [3.05, 3.63) is 66.6 Å². The van der Waals surface area contributed by atoms with Gasteiger partial charge in [-0.3, -0.25) is 9.69 Å². The van der Waals surface area contributed by atoms with E-state index in [2.05, 4.69) is 56.2 Å². The molecule has 0 atom stereocenters. The van der Waals surface area contributed by atoms with Crippen molar-refractivity contribution in [2.45, 2.75) is 13.1 Å². The van der Waals surface area contributed by atoms with Gasteiger partial charge >= 0.3 is 6.03 Å². The van der Waals surface area contributed by atoms with Crippen molar-refractivity contribution in [2.24, 2.45) is 7.05 Å². The van der Waals surface area contributed by atoms with E-state index in [-0.39, 0.29) is 11.9 Å². The molecule has 11 heteroatoms. The molecule has 0 aliphatic carbocycles. The first-order chi connectivity index (χ1) is 18.3. The number of urea groups is 1. The topological polar surface area (TPSA) is 102 Å². The van der Waals surface area contributed by atoms with Gasteiger partial charge in [-0.05, 0) is 37.4 Å². The second kappa shape index (κ2) is 10.5. The lowest BCUT2D eigenvalue weighted by molar-refractivity contribution is -0.111. The summed E-state index contributed by atoms with van der Waals surface area (Å²) in [6, 6.07) is 8.08. The fraction of sp³-hybridized carbons (Fsp3) is 0.333. The van der Waals surface area contributed by atoms with Crippen molar-refractivity contribution >= 4 is 40.8 Å². The fourth-order valence-electron chi connectivity index (χ4n) is 4.78. The van der Waals surface area contributed by atoms with Crippen LogP contribution < -0.4 is 20.4 Å². The molecule has 198 valence electrons. The van der Waals surface area contributed by atoms with Crippen LogP contribution >= 0.6 is 0 Å². The Kier molecular flexibility index (Phi) is 7.01. The highest BCUT2D eigenvalue weighted by Gasteiger charge is 2.30. The average molecular weight is 516 g/mol. The van der Waals surface area contributed by atoms with Gasteiger partial charge in [0.05, 0.1) is 18.8 Å². The second-order valence-electron chi connectivity index (χ2n) is 9.76. The quantitative estimate of drug-likeness (QED) is 0.467. The standard InChI is InChI=1S/C27H33N9O2/c1-5-24(37)30-23-18-33(3)15-20(23)17-36-16-19-14-28-26(31-25(19)34(4)27(36)38)29-21-6-8-22(9-7-21)35-12-10-32(2)11-13-35/h5-9,14-15,18H,1,10-13,16-17H2,2-4H3,(H,30,37)(H,28,29,31). The van der Waals surface area contributed by atoms with Gasteiger partial charge in [-0.25, -0.2) is 9.78 Å². The van der Waals surface area contributed by atoms with Gasteiger partial charge in [0.1, 0.15) is 5.82 Å². The van der Waals surface area contributed by atoms with Gasteiger partial charge < -0.3 is 29.9 Å². The SMILES string of the molecule is C=CC(=O)Nc1cn(C)cc1CN1Cc2cnc(Nc3ccc(N4CCN(C)CC4)cc3)nc2N(C)C1=O. The minimum atomic E-state index is -0.299. The van der Waals surface area contributed by atoms with E-state index >= 15 is 0 Å². The molecule has 0 saturated carbocycles. The molecule has 2 aromatic heterocycles. The van der Waals surface area contributed by atoms with Crippen LogP contribution in [0.5, 0.6) is 0 Å². The number of rotatable bonds is 7. The maximum Gasteiger partial charge on any atom is 0.326 e. The summed E-state index contributed by atoms with van der Waals surface area (Å²) in [7, 11) is 5.73. The second-order valence-corrected chi connectivity index (χ2v) is 9.76. The molecule has 0 unspecified atom stereocenters. The number of amides is 3. The zero-order valence-corrected chi connectivity index (χ0v) is 22.0. The van der Waals surface area contributed by atoms with E-state index in [1.165, 1.54) is 16.7 Å². The predicted molar refractivity (Wildman–Crippen MR) is 149 cm³/mol. The van der Waals surface area contributed by atoms with Crippen molar-refractivity contribution in [1.29, 1.82) is 0 Å². The molecule has 2 aliphatic heterocycles. The lowest BCUT2D eigenvalue weighted by Gasteiger charge is -2.34. The Balaban J connectivity index is 1.27. The number of hydrogen-bond donors (Lipinski definition) is 2. The van der Waals surface area contributed by atoms with Crippen molar-refractivity contribution in [2.75, 3.05) is 60.7 Å². The molecule has 2 aliphatic rings. The van der Waals surface area contributed by atoms with Gasteiger partial charge in [-0.1, -0.05) is 6.58 Å². The highest BCUT2D eigenvalue weighted by Crippen LogP contribution is 2.30. The molecule has 0 spiro atoms. The summed E-state index contributed by atoms with van der Waals surface area (Å²) in [6.45, 7) is 8.35. The summed E-state index contributed by atoms with van der Waals surface area (Å²) in [5, 5.41) is 6.06. The van der Waals surface area contributed by atoms with Crippen LogP contribution in [0.4, 0.5) is 33.6 Å². The van der Waals surface area contributed by atoms with Gasteiger partial charge in [0.25, 0.3) is 0 Å². The molecular formula is C27H33N9O2. The number of fused-ring (bicyclic) bond motifs is 1. The van der Waals surface area contributed by atoms with Crippen LogP contribution in [0.1, 0.15) is 11.1 Å². The Morgan fingerprint density at radius 1 is 1.08 bits per heavy atom. The van der Waals surface area contributed by atoms with Crippen LogP contribution in [0.2, 0.25) is 0 Å². The molecule has 4 heterocycles. The minimum absolute atomic E-state index is 0.177. The number of nitrogens with one attached hydrogen (secondary N) is 2. The predicted octanol–water partition coefficient (Wildman–Crippen LogP) is 3.01. The maximum absolute atomic E-state index is 13.2. The molecule has 38 heavy (non-hydrogen) atoms. The Morgan fingerprint density at radius 3 is 2.53 bits per heavy atom. The van der Waals surface area contributed by atoms with Gasteiger partial charge in [0, 0.05) is 81.4 Å². The summed E-state index contributed by atoms with van der Waals surface area (Å²) in [4.78, 5) is 42.2. The number of carbonyl (C=O) groups excluding carboxylic acids is 2. The van der Waals surface area contributed by atoms with Crippen LogP contribution in [0.15, 0.2) is 55.5 Å². The number of nitrogens with zero attached hydrogens (tertiary/aromatic N) is 7. The third-order valence-corrected chi connectivity index (χ3v) is 6.91. The zero-order valence-electron chi connectivity index (χ0n) is 22.0. The van der Waals surface area contributed by atoms with Gasteiger partial charge in [0.2, 0.25) is 11.9 Å². The van der Waals surface area contributed by atoms with Crippen LogP contribution in [-0.2, 0) is 24.9 Å². The smallest absolute Gasteiger partial charge is 0.326 e. The van der Waals surface area contributed by atoms with Crippen molar-refractivity contribution in [3.63, 3.8) is 0 Å². The van der Waals surface area contributed by atoms with E-state index in [0.29, 0.717) is 30.5 Å². The summed E-state index contributed by atoms with van der Waals surface area (Å²) < 4.78 is 1.85. The highest BCUT2D eigenvalue weighted by atomic mass is 16.2. The van der Waals surface area contributed by atoms with Crippen molar-refractivity contribution < 1.29 is 9.59 Å². The van der Waals surface area contributed by atoms with E-state index in [0.717, 1.165) is 43.0 Å². The molecular weight excluding hydrogens is 482 g/mol. The molecule has 11 nitrogen and oxygen atoms in total. The number of likely N-dealkylation sites (N-methyl/N-ethyl adjacent to an activating group) is 1. The first-order valence-electron chi connectivity index (χ1n) is 12.6. The summed E-state index contributed by atoms with van der Waals surface area (Å²) >= 11 is 0. The number of carbonyl (C=O) groups is 2. The van der Waals surface area contributed by atoms with Crippen LogP contribution in [-0.4, -0.2) is 76.5 Å². The molecule has 3 amide bonds. The molecule has 0 bridgehead atoms. The third-order valence-electron chi connectivity index (χ3n) is 6.91. The van der Waals surface area contributed by atoms with Gasteiger partial charge in [-0.2, -0.15) is 4.98 Å². The maximum atomic E-state index is 13.2. The van der Waals surface area contributed by atoms with Crippen molar-refractivity contribution in [1.82, 2.24) is 24.3 Å². The monoisotopic (exact) mass is 515 g/mol. The molecule has 1 fully saturated rings. The molecule has 1 aromatic carbocycles. The summed E-state index contributed by atoms with van der Waals surface area (Å²) in [5.41, 5.74) is 4.40. The third kappa shape index (κ3) is 5.32. The molecule has 2 N–H and O–H groups in total. The van der Waals surface area contributed by atoms with E-state index in [4.69, 9.17) is 0 Å². The Hall–Kier alpha value is -4.38. The van der Waals surface area contributed by atoms with Gasteiger partial charge in [-0.15, -0.1) is 0 Å². The van der Waals surface area contributed by atoms with Crippen LogP contribution in [0.3, 0.4) is 0 Å². The largest absolute Gasteiger partial charge is 0.369 e. The van der Waals surface area contributed by atoms with Crippen LogP contribution in [0, 0.1) is 0 Å². The minimum Gasteiger partial charge on any atom is -0.369 e. The first kappa shape index (κ1) is 25.3. The Morgan fingerprint density at radius 2 is 1.82 bits per heavy atom. The molecule has 0 radical (unpaired) electrons. The summed E-state index contributed by atoms with van der Waals surface area (Å²) in [5.74, 6) is 0.708. The van der Waals surface area contributed by atoms with E-state index < -0.39 is 0 Å². The number of piperazine rings is 1. The van der Waals surface area contributed by atoms with Gasteiger partial charge in [0.15, 0.2) is 0 Å². The normalized spacial score (nSPS) is 15.9. The lowest BCUT2D eigenvalue weighted by Crippen LogP contribution is -2.45. The highest BCUT2D eigenvalue weighted by molar-refractivity contribution is 5.99. The zero-order chi connectivity index (χ0) is 26.8. The van der Waals surface area contributed by atoms with E-state index in [1.54, 1.807) is 18.1 Å². The Labute approximate surface area is 222 Å². The van der Waals surface area contributed by atoms with E-state index in [1.807, 2.05) is 36.1 Å². The fourth-order valence-corrected chi connectivity index (χ4v) is 4.78. The first-order valence-corrected chi connectivity index (χ1v) is 12.6. The average Bonchev–Trinajstić information content (AvgIpc) is 3.26. The van der Waals surface area contributed by atoms with Crippen LogP contribution in [0.25, 0.3) is 0 Å². The molecule has 3 aromatic rings. The Bertz CT molecular complexity index is 1340.